The van der Waals surface area contributed by atoms with E-state index in [1.165, 1.54) is 18.4 Å². The number of aryl methyl sites for hydroxylation is 1. The fraction of sp³-hybridized carbons (Fsp3) is 0.583. The Kier molecular flexibility index (Phi) is 3.82. The minimum Gasteiger partial charge on any atom is -0.356 e. The Hall–Kier alpha value is -0.610. The quantitative estimate of drug-likeness (QED) is 0.906. The van der Waals surface area contributed by atoms with Crippen LogP contribution in [0.15, 0.2) is 16.7 Å². The van der Waals surface area contributed by atoms with Gasteiger partial charge in [0.15, 0.2) is 0 Å². The smallest absolute Gasteiger partial charge is 0.142 e. The maximum atomic E-state index is 5.69. The summed E-state index contributed by atoms with van der Waals surface area (Å²) in [4.78, 5) is 6.84. The van der Waals surface area contributed by atoms with Crippen molar-refractivity contribution in [1.82, 2.24) is 4.98 Å². The molecular formula is C12H18BrN3. The van der Waals surface area contributed by atoms with Gasteiger partial charge in [0.25, 0.3) is 0 Å². The summed E-state index contributed by atoms with van der Waals surface area (Å²) in [6.07, 6.45) is 4.28. The first kappa shape index (κ1) is 11.9. The Morgan fingerprint density at radius 3 is 2.75 bits per heavy atom. The average molecular weight is 284 g/mol. The fourth-order valence-electron chi connectivity index (χ4n) is 2.14. The standard InChI is InChI=1S/C12H18BrN3/c1-9-6-11(13)12(15-8-9)16-4-2-10(7-14)3-5-16/h6,8,10H,2-5,7,14H2,1H3. The van der Waals surface area contributed by atoms with Crippen molar-refractivity contribution in [3.05, 3.63) is 22.3 Å². The number of pyridine rings is 1. The lowest BCUT2D eigenvalue weighted by molar-refractivity contribution is 0.413. The Bertz CT molecular complexity index is 359. The number of rotatable bonds is 2. The van der Waals surface area contributed by atoms with E-state index in [-0.39, 0.29) is 0 Å². The Morgan fingerprint density at radius 1 is 1.50 bits per heavy atom. The van der Waals surface area contributed by atoms with Crippen LogP contribution in [0.5, 0.6) is 0 Å². The fourth-order valence-corrected chi connectivity index (χ4v) is 2.85. The monoisotopic (exact) mass is 283 g/mol. The van der Waals surface area contributed by atoms with Crippen molar-refractivity contribution in [3.8, 4) is 0 Å². The summed E-state index contributed by atoms with van der Waals surface area (Å²) in [6.45, 7) is 5.01. The van der Waals surface area contributed by atoms with Crippen molar-refractivity contribution in [2.24, 2.45) is 11.7 Å². The zero-order chi connectivity index (χ0) is 11.5. The van der Waals surface area contributed by atoms with Gasteiger partial charge in [0.05, 0.1) is 4.47 Å². The number of hydrogen-bond donors (Lipinski definition) is 1. The number of aromatic nitrogens is 1. The normalized spacial score (nSPS) is 17.8. The molecule has 0 aliphatic carbocycles. The topological polar surface area (TPSA) is 42.2 Å². The average Bonchev–Trinajstić information content (AvgIpc) is 2.29. The van der Waals surface area contributed by atoms with Crippen LogP contribution in [-0.2, 0) is 0 Å². The van der Waals surface area contributed by atoms with Gasteiger partial charge in [-0.3, -0.25) is 0 Å². The maximum Gasteiger partial charge on any atom is 0.142 e. The highest BCUT2D eigenvalue weighted by Gasteiger charge is 2.20. The highest BCUT2D eigenvalue weighted by molar-refractivity contribution is 9.10. The van der Waals surface area contributed by atoms with Crippen LogP contribution < -0.4 is 10.6 Å². The van der Waals surface area contributed by atoms with E-state index in [1.807, 2.05) is 6.20 Å². The highest BCUT2D eigenvalue weighted by atomic mass is 79.9. The molecular weight excluding hydrogens is 266 g/mol. The molecule has 0 bridgehead atoms. The molecule has 1 saturated heterocycles. The number of nitrogens with zero attached hydrogens (tertiary/aromatic N) is 2. The summed E-state index contributed by atoms with van der Waals surface area (Å²) in [5, 5.41) is 0. The van der Waals surface area contributed by atoms with Crippen molar-refractivity contribution in [2.75, 3.05) is 24.5 Å². The summed E-state index contributed by atoms with van der Waals surface area (Å²) in [7, 11) is 0. The molecule has 0 spiro atoms. The lowest BCUT2D eigenvalue weighted by atomic mass is 9.97. The van der Waals surface area contributed by atoms with Crippen LogP contribution in [0.2, 0.25) is 0 Å². The van der Waals surface area contributed by atoms with E-state index < -0.39 is 0 Å². The molecule has 0 amide bonds. The first-order valence-electron chi connectivity index (χ1n) is 5.78. The van der Waals surface area contributed by atoms with Crippen LogP contribution in [0.1, 0.15) is 18.4 Å². The van der Waals surface area contributed by atoms with Crippen LogP contribution >= 0.6 is 15.9 Å². The van der Waals surface area contributed by atoms with Gasteiger partial charge in [-0.2, -0.15) is 0 Å². The minimum absolute atomic E-state index is 0.695. The molecule has 2 N–H and O–H groups in total. The van der Waals surface area contributed by atoms with E-state index in [4.69, 9.17) is 5.73 Å². The Morgan fingerprint density at radius 2 is 2.19 bits per heavy atom. The summed E-state index contributed by atoms with van der Waals surface area (Å²) in [5.41, 5.74) is 6.88. The van der Waals surface area contributed by atoms with E-state index in [2.05, 4.69) is 38.8 Å². The molecule has 1 fully saturated rings. The van der Waals surface area contributed by atoms with Crippen molar-refractivity contribution in [2.45, 2.75) is 19.8 Å². The molecule has 1 aromatic heterocycles. The highest BCUT2D eigenvalue weighted by Crippen LogP contribution is 2.28. The SMILES string of the molecule is Cc1cnc(N2CCC(CN)CC2)c(Br)c1. The summed E-state index contributed by atoms with van der Waals surface area (Å²) in [5.74, 6) is 1.77. The lowest BCUT2D eigenvalue weighted by Gasteiger charge is -2.32. The van der Waals surface area contributed by atoms with Crippen molar-refractivity contribution in [1.29, 1.82) is 0 Å². The van der Waals surface area contributed by atoms with Gasteiger partial charge in [0.2, 0.25) is 0 Å². The van der Waals surface area contributed by atoms with Crippen molar-refractivity contribution >= 4 is 21.7 Å². The molecule has 0 unspecified atom stereocenters. The molecule has 2 rings (SSSR count). The van der Waals surface area contributed by atoms with Crippen LogP contribution in [0, 0.1) is 12.8 Å². The molecule has 3 nitrogen and oxygen atoms in total. The van der Waals surface area contributed by atoms with E-state index in [0.717, 1.165) is 29.9 Å². The molecule has 0 aromatic carbocycles. The molecule has 0 saturated carbocycles. The third-order valence-electron chi connectivity index (χ3n) is 3.21. The van der Waals surface area contributed by atoms with Gasteiger partial charge in [-0.1, -0.05) is 0 Å². The van der Waals surface area contributed by atoms with Crippen LogP contribution in [0.4, 0.5) is 5.82 Å². The van der Waals surface area contributed by atoms with Crippen molar-refractivity contribution < 1.29 is 0 Å². The first-order valence-corrected chi connectivity index (χ1v) is 6.57. The van der Waals surface area contributed by atoms with E-state index >= 15 is 0 Å². The summed E-state index contributed by atoms with van der Waals surface area (Å²) >= 11 is 3.59. The molecule has 1 aromatic rings. The number of halogens is 1. The van der Waals surface area contributed by atoms with Crippen LogP contribution in [0.3, 0.4) is 0 Å². The third kappa shape index (κ3) is 2.55. The van der Waals surface area contributed by atoms with Gasteiger partial charge < -0.3 is 10.6 Å². The molecule has 16 heavy (non-hydrogen) atoms. The van der Waals surface area contributed by atoms with Gasteiger partial charge in [-0.25, -0.2) is 4.98 Å². The van der Waals surface area contributed by atoms with E-state index in [1.54, 1.807) is 0 Å². The minimum atomic E-state index is 0.695. The second-order valence-corrected chi connectivity index (χ2v) is 5.34. The molecule has 2 heterocycles. The predicted octanol–water partition coefficient (Wildman–Crippen LogP) is 2.33. The zero-order valence-electron chi connectivity index (χ0n) is 9.62. The zero-order valence-corrected chi connectivity index (χ0v) is 11.2. The first-order chi connectivity index (χ1) is 7.70. The summed E-state index contributed by atoms with van der Waals surface area (Å²) in [6, 6.07) is 2.12. The van der Waals surface area contributed by atoms with E-state index in [0.29, 0.717) is 5.92 Å². The van der Waals surface area contributed by atoms with Gasteiger partial charge in [0, 0.05) is 19.3 Å². The van der Waals surface area contributed by atoms with Gasteiger partial charge >= 0.3 is 0 Å². The van der Waals surface area contributed by atoms with E-state index in [9.17, 15) is 0 Å². The van der Waals surface area contributed by atoms with Crippen molar-refractivity contribution in [3.63, 3.8) is 0 Å². The number of hydrogen-bond acceptors (Lipinski definition) is 3. The number of piperidine rings is 1. The Balaban J connectivity index is 2.08. The van der Waals surface area contributed by atoms with Gasteiger partial charge in [-0.05, 0) is 59.8 Å². The van der Waals surface area contributed by atoms with Gasteiger partial charge in [-0.15, -0.1) is 0 Å². The summed E-state index contributed by atoms with van der Waals surface area (Å²) < 4.78 is 1.10. The Labute approximate surface area is 105 Å². The molecule has 88 valence electrons. The second-order valence-electron chi connectivity index (χ2n) is 4.48. The maximum absolute atomic E-state index is 5.69. The van der Waals surface area contributed by atoms with Crippen LogP contribution in [0.25, 0.3) is 0 Å². The molecule has 4 heteroatoms. The molecule has 1 aliphatic heterocycles. The second kappa shape index (κ2) is 5.15. The lowest BCUT2D eigenvalue weighted by Crippen LogP contribution is -2.36. The molecule has 1 aliphatic rings. The molecule has 0 atom stereocenters. The number of anilines is 1. The van der Waals surface area contributed by atoms with Gasteiger partial charge in [0.1, 0.15) is 5.82 Å². The third-order valence-corrected chi connectivity index (χ3v) is 3.79. The predicted molar refractivity (Wildman–Crippen MR) is 70.7 cm³/mol. The largest absolute Gasteiger partial charge is 0.356 e. The number of nitrogens with two attached hydrogens (primary N) is 1. The molecule has 0 radical (unpaired) electrons. The van der Waals surface area contributed by atoms with Crippen LogP contribution in [-0.4, -0.2) is 24.6 Å².